The zero-order valence-corrected chi connectivity index (χ0v) is 14.9. The fourth-order valence-electron chi connectivity index (χ4n) is 2.78. The molecule has 1 unspecified atom stereocenters. The van der Waals surface area contributed by atoms with Crippen LogP contribution in [0.1, 0.15) is 28.8 Å². The summed E-state index contributed by atoms with van der Waals surface area (Å²) in [6.45, 7) is -0.157. The van der Waals surface area contributed by atoms with Crippen molar-refractivity contribution in [2.45, 2.75) is 25.4 Å². The van der Waals surface area contributed by atoms with Crippen LogP contribution in [0.25, 0.3) is 0 Å². The van der Waals surface area contributed by atoms with E-state index in [4.69, 9.17) is 4.74 Å². The molecule has 0 radical (unpaired) electrons. The van der Waals surface area contributed by atoms with Crippen molar-refractivity contribution in [1.29, 1.82) is 0 Å². The van der Waals surface area contributed by atoms with Gasteiger partial charge in [0.2, 0.25) is 0 Å². The Morgan fingerprint density at radius 2 is 1.63 bits per heavy atom. The number of para-hydroxylation sites is 1. The summed E-state index contributed by atoms with van der Waals surface area (Å²) in [4.78, 5) is 36.5. The van der Waals surface area contributed by atoms with Crippen LogP contribution < -0.4 is 4.74 Å². The second-order valence-electron chi connectivity index (χ2n) is 5.90. The molecule has 2 rings (SSSR count). The van der Waals surface area contributed by atoms with Crippen LogP contribution in [0, 0.1) is 0 Å². The molecule has 142 valence electrons. The fraction of sp³-hybridized carbons (Fsp3) is 0.250. The minimum Gasteiger partial charge on any atom is -0.496 e. The lowest BCUT2D eigenvalue weighted by Crippen LogP contribution is -2.44. The van der Waals surface area contributed by atoms with Crippen LogP contribution in [-0.2, 0) is 11.3 Å². The second kappa shape index (κ2) is 9.38. The molecule has 0 bridgehead atoms. The minimum atomic E-state index is -1.37. The van der Waals surface area contributed by atoms with Crippen molar-refractivity contribution in [1.82, 2.24) is 4.90 Å². The molecule has 7 nitrogen and oxygen atoms in total. The number of ketones is 1. The molecule has 0 aliphatic heterocycles. The maximum Gasteiger partial charge on any atom is 0.408 e. The van der Waals surface area contributed by atoms with Gasteiger partial charge in [0.15, 0.2) is 5.78 Å². The number of benzene rings is 2. The van der Waals surface area contributed by atoms with E-state index in [-0.39, 0.29) is 25.2 Å². The molecule has 27 heavy (non-hydrogen) atoms. The number of methoxy groups -OCH3 is 1. The van der Waals surface area contributed by atoms with Gasteiger partial charge in [0.05, 0.1) is 13.7 Å². The van der Waals surface area contributed by atoms with Crippen LogP contribution in [-0.4, -0.2) is 46.1 Å². The summed E-state index contributed by atoms with van der Waals surface area (Å²) in [5, 5.41) is 19.1. The van der Waals surface area contributed by atoms with Crippen molar-refractivity contribution in [3.8, 4) is 5.75 Å². The van der Waals surface area contributed by atoms with Crippen LogP contribution in [0.2, 0.25) is 0 Å². The predicted octanol–water partition coefficient (Wildman–Crippen LogP) is 3.29. The monoisotopic (exact) mass is 371 g/mol. The largest absolute Gasteiger partial charge is 0.496 e. The summed E-state index contributed by atoms with van der Waals surface area (Å²) >= 11 is 0. The Bertz CT molecular complexity index is 805. The van der Waals surface area contributed by atoms with E-state index in [9.17, 15) is 24.6 Å². The SMILES string of the molecule is COc1ccccc1CN(C(=O)O)C(CCC(=O)c1ccccc1)C(=O)O. The van der Waals surface area contributed by atoms with Gasteiger partial charge in [-0.1, -0.05) is 48.5 Å². The van der Waals surface area contributed by atoms with Gasteiger partial charge >= 0.3 is 12.1 Å². The van der Waals surface area contributed by atoms with E-state index in [0.29, 0.717) is 16.9 Å². The molecule has 0 aliphatic carbocycles. The summed E-state index contributed by atoms with van der Waals surface area (Å²) in [5.74, 6) is -1.06. The van der Waals surface area contributed by atoms with Crippen LogP contribution in [0.3, 0.4) is 0 Å². The van der Waals surface area contributed by atoms with Crippen molar-refractivity contribution in [3.63, 3.8) is 0 Å². The highest BCUT2D eigenvalue weighted by Crippen LogP contribution is 2.22. The van der Waals surface area contributed by atoms with Crippen molar-refractivity contribution in [2.75, 3.05) is 7.11 Å². The molecule has 7 heteroatoms. The number of hydrogen-bond acceptors (Lipinski definition) is 4. The number of carbonyl (C=O) groups is 3. The lowest BCUT2D eigenvalue weighted by molar-refractivity contribution is -0.143. The average Bonchev–Trinajstić information content (AvgIpc) is 2.67. The first-order chi connectivity index (χ1) is 12.9. The molecular weight excluding hydrogens is 350 g/mol. The third-order valence-corrected chi connectivity index (χ3v) is 4.18. The van der Waals surface area contributed by atoms with E-state index in [1.807, 2.05) is 0 Å². The van der Waals surface area contributed by atoms with Gasteiger partial charge in [-0.2, -0.15) is 0 Å². The van der Waals surface area contributed by atoms with Gasteiger partial charge in [0.25, 0.3) is 0 Å². The Hall–Kier alpha value is -3.35. The number of carboxylic acids is 1. The molecule has 0 spiro atoms. The normalized spacial score (nSPS) is 11.4. The number of aliphatic carboxylic acids is 1. The zero-order chi connectivity index (χ0) is 19.8. The molecule has 0 aliphatic rings. The molecule has 0 saturated carbocycles. The quantitative estimate of drug-likeness (QED) is 0.656. The molecule has 1 atom stereocenters. The Kier molecular flexibility index (Phi) is 6.93. The molecule has 0 aromatic heterocycles. The average molecular weight is 371 g/mol. The number of rotatable bonds is 9. The lowest BCUT2D eigenvalue weighted by Gasteiger charge is -2.26. The number of amides is 1. The van der Waals surface area contributed by atoms with Crippen LogP contribution in [0.15, 0.2) is 54.6 Å². The molecule has 0 saturated heterocycles. The number of carboxylic acid groups (broad SMARTS) is 2. The van der Waals surface area contributed by atoms with Crippen LogP contribution in [0.4, 0.5) is 4.79 Å². The molecule has 2 N–H and O–H groups in total. The van der Waals surface area contributed by atoms with E-state index in [2.05, 4.69) is 0 Å². The Labute approximate surface area is 156 Å². The first-order valence-electron chi connectivity index (χ1n) is 8.36. The Balaban J connectivity index is 2.16. The maximum atomic E-state index is 12.2. The van der Waals surface area contributed by atoms with Crippen molar-refractivity contribution in [3.05, 3.63) is 65.7 Å². The van der Waals surface area contributed by atoms with Gasteiger partial charge < -0.3 is 14.9 Å². The molecule has 1 amide bonds. The van der Waals surface area contributed by atoms with Crippen LogP contribution >= 0.6 is 0 Å². The number of ether oxygens (including phenoxy) is 1. The molecule has 2 aromatic rings. The van der Waals surface area contributed by atoms with E-state index in [0.717, 1.165) is 4.90 Å². The number of Topliss-reactive ketones (excluding diaryl/α,β-unsaturated/α-hetero) is 1. The zero-order valence-electron chi connectivity index (χ0n) is 14.9. The Morgan fingerprint density at radius 1 is 1.00 bits per heavy atom. The first kappa shape index (κ1) is 20.0. The fourth-order valence-corrected chi connectivity index (χ4v) is 2.78. The van der Waals surface area contributed by atoms with Crippen molar-refractivity contribution in [2.24, 2.45) is 0 Å². The standard InChI is InChI=1S/C20H21NO6/c1-27-18-10-6-5-9-15(18)13-21(20(25)26)16(19(23)24)11-12-17(22)14-7-3-2-4-8-14/h2-10,16H,11-13H2,1H3,(H,23,24)(H,25,26). The van der Waals surface area contributed by atoms with Crippen LogP contribution in [0.5, 0.6) is 5.75 Å². The molecule has 0 fully saturated rings. The summed E-state index contributed by atoms with van der Waals surface area (Å²) in [6, 6.07) is 13.9. The second-order valence-corrected chi connectivity index (χ2v) is 5.90. The van der Waals surface area contributed by atoms with Gasteiger partial charge in [-0.3, -0.25) is 9.69 Å². The molecule has 0 heterocycles. The van der Waals surface area contributed by atoms with Gasteiger partial charge in [-0.15, -0.1) is 0 Å². The maximum absolute atomic E-state index is 12.2. The summed E-state index contributed by atoms with van der Waals surface area (Å²) < 4.78 is 5.20. The summed E-state index contributed by atoms with van der Waals surface area (Å²) in [7, 11) is 1.46. The van der Waals surface area contributed by atoms with Gasteiger partial charge in [0.1, 0.15) is 11.8 Å². The predicted molar refractivity (Wildman–Crippen MR) is 98.0 cm³/mol. The van der Waals surface area contributed by atoms with E-state index in [1.165, 1.54) is 7.11 Å². The third-order valence-electron chi connectivity index (χ3n) is 4.18. The summed E-state index contributed by atoms with van der Waals surface area (Å²) in [5.41, 5.74) is 1.01. The van der Waals surface area contributed by atoms with Gasteiger partial charge in [0, 0.05) is 17.5 Å². The van der Waals surface area contributed by atoms with Gasteiger partial charge in [-0.05, 0) is 12.5 Å². The highest BCUT2D eigenvalue weighted by atomic mass is 16.5. The first-order valence-corrected chi connectivity index (χ1v) is 8.36. The summed E-state index contributed by atoms with van der Waals surface area (Å²) in [6.07, 6.45) is -1.57. The minimum absolute atomic E-state index is 0.0727. The number of carbonyl (C=O) groups excluding carboxylic acids is 1. The van der Waals surface area contributed by atoms with Gasteiger partial charge in [-0.25, -0.2) is 9.59 Å². The highest BCUT2D eigenvalue weighted by molar-refractivity contribution is 5.96. The van der Waals surface area contributed by atoms with E-state index in [1.54, 1.807) is 54.6 Å². The topological polar surface area (TPSA) is 104 Å². The number of nitrogens with zero attached hydrogens (tertiary/aromatic N) is 1. The highest BCUT2D eigenvalue weighted by Gasteiger charge is 2.30. The molecule has 2 aromatic carbocycles. The third kappa shape index (κ3) is 5.31. The number of hydrogen-bond donors (Lipinski definition) is 2. The molecular formula is C20H21NO6. The van der Waals surface area contributed by atoms with E-state index >= 15 is 0 Å². The lowest BCUT2D eigenvalue weighted by atomic mass is 10.0. The Morgan fingerprint density at radius 3 is 2.22 bits per heavy atom. The van der Waals surface area contributed by atoms with Crippen molar-refractivity contribution >= 4 is 17.8 Å². The smallest absolute Gasteiger partial charge is 0.408 e. The van der Waals surface area contributed by atoms with Crippen molar-refractivity contribution < 1.29 is 29.3 Å². The van der Waals surface area contributed by atoms with E-state index < -0.39 is 18.1 Å².